The number of hydrogen-bond acceptors (Lipinski definition) is 3. The summed E-state index contributed by atoms with van der Waals surface area (Å²) in [6.07, 6.45) is 6.71. The summed E-state index contributed by atoms with van der Waals surface area (Å²) in [6.45, 7) is 4.19. The lowest BCUT2D eigenvalue weighted by Crippen LogP contribution is -2.49. The Bertz CT molecular complexity index is 442. The quantitative estimate of drug-likeness (QED) is 0.819. The fourth-order valence-electron chi connectivity index (χ4n) is 3.02. The summed E-state index contributed by atoms with van der Waals surface area (Å²) in [5.74, 6) is 0.323. The van der Waals surface area contributed by atoms with Gasteiger partial charge in [-0.1, -0.05) is 12.8 Å². The van der Waals surface area contributed by atoms with Crippen LogP contribution in [0.4, 0.5) is 0 Å². The minimum absolute atomic E-state index is 0.248. The van der Waals surface area contributed by atoms with E-state index in [1.807, 2.05) is 31.0 Å². The molecule has 106 valence electrons. The molecule has 0 saturated heterocycles. The van der Waals surface area contributed by atoms with Crippen molar-refractivity contribution >= 4 is 5.78 Å². The molecular formula is C15H25N3O. The van der Waals surface area contributed by atoms with Crippen molar-refractivity contribution in [2.24, 2.45) is 0 Å². The summed E-state index contributed by atoms with van der Waals surface area (Å²) >= 11 is 0. The largest absolute Gasteiger partial charge is 0.297 e. The molecule has 0 atom stereocenters. The Hall–Kier alpha value is -1.16. The third kappa shape index (κ3) is 2.73. The first-order valence-electron chi connectivity index (χ1n) is 7.20. The van der Waals surface area contributed by atoms with Crippen molar-refractivity contribution in [2.45, 2.75) is 57.5 Å². The van der Waals surface area contributed by atoms with Crippen LogP contribution in [0.1, 0.15) is 51.3 Å². The molecule has 2 rings (SSSR count). The van der Waals surface area contributed by atoms with Gasteiger partial charge in [-0.3, -0.25) is 14.4 Å². The SMILES string of the molecule is CC(C)n1ccc(CC(=O)C2(N(C)C)CCCC2)n1. The Morgan fingerprint density at radius 3 is 2.53 bits per heavy atom. The van der Waals surface area contributed by atoms with Gasteiger partial charge in [0.05, 0.1) is 17.7 Å². The molecule has 0 spiro atoms. The standard InChI is InChI=1S/C15H25N3O/c1-12(2)18-10-7-13(16-18)11-14(19)15(17(3)4)8-5-6-9-15/h7,10,12H,5-6,8-9,11H2,1-4H3. The monoisotopic (exact) mass is 263 g/mol. The van der Waals surface area contributed by atoms with E-state index in [0.717, 1.165) is 31.4 Å². The molecule has 4 nitrogen and oxygen atoms in total. The van der Waals surface area contributed by atoms with E-state index in [4.69, 9.17) is 0 Å². The first-order valence-corrected chi connectivity index (χ1v) is 7.20. The third-order valence-electron chi connectivity index (χ3n) is 4.34. The lowest BCUT2D eigenvalue weighted by molar-refractivity contribution is -0.128. The summed E-state index contributed by atoms with van der Waals surface area (Å²) in [4.78, 5) is 14.8. The normalized spacial score (nSPS) is 18.4. The van der Waals surface area contributed by atoms with Crippen molar-refractivity contribution in [3.63, 3.8) is 0 Å². The van der Waals surface area contributed by atoms with Crippen LogP contribution in [0, 0.1) is 0 Å². The van der Waals surface area contributed by atoms with E-state index in [1.165, 1.54) is 0 Å². The van der Waals surface area contributed by atoms with Gasteiger partial charge in [-0.2, -0.15) is 5.10 Å². The van der Waals surface area contributed by atoms with Crippen molar-refractivity contribution in [1.82, 2.24) is 14.7 Å². The van der Waals surface area contributed by atoms with Gasteiger partial charge in [0.15, 0.2) is 5.78 Å². The van der Waals surface area contributed by atoms with Crippen molar-refractivity contribution in [1.29, 1.82) is 0 Å². The Morgan fingerprint density at radius 1 is 1.42 bits per heavy atom. The number of Topliss-reactive ketones (excluding diaryl/α,β-unsaturated/α-hetero) is 1. The van der Waals surface area contributed by atoms with E-state index in [2.05, 4.69) is 23.8 Å². The zero-order valence-electron chi connectivity index (χ0n) is 12.5. The molecular weight excluding hydrogens is 238 g/mol. The highest BCUT2D eigenvalue weighted by atomic mass is 16.1. The van der Waals surface area contributed by atoms with Crippen molar-refractivity contribution in [3.05, 3.63) is 18.0 Å². The Balaban J connectivity index is 2.11. The number of aromatic nitrogens is 2. The third-order valence-corrected chi connectivity index (χ3v) is 4.34. The highest BCUT2D eigenvalue weighted by molar-refractivity contribution is 5.90. The average Bonchev–Trinajstić information content (AvgIpc) is 2.97. The van der Waals surface area contributed by atoms with E-state index in [0.29, 0.717) is 18.2 Å². The number of carbonyl (C=O) groups excluding carboxylic acids is 1. The summed E-state index contributed by atoms with van der Waals surface area (Å²) < 4.78 is 1.92. The van der Waals surface area contributed by atoms with Gasteiger partial charge in [0.1, 0.15) is 0 Å². The Kier molecular flexibility index (Phi) is 4.09. The molecule has 0 radical (unpaired) electrons. The number of hydrogen-bond donors (Lipinski definition) is 0. The number of rotatable bonds is 5. The molecule has 1 aromatic rings. The van der Waals surface area contributed by atoms with Crippen LogP contribution in [0.3, 0.4) is 0 Å². The predicted octanol–water partition coefficient (Wildman–Crippen LogP) is 2.45. The van der Waals surface area contributed by atoms with Gasteiger partial charge in [0.25, 0.3) is 0 Å². The molecule has 1 aromatic heterocycles. The lowest BCUT2D eigenvalue weighted by Gasteiger charge is -2.34. The van der Waals surface area contributed by atoms with E-state index in [9.17, 15) is 4.79 Å². The molecule has 0 bridgehead atoms. The number of ketones is 1. The van der Waals surface area contributed by atoms with Crippen molar-refractivity contribution in [2.75, 3.05) is 14.1 Å². The molecule has 0 amide bonds. The van der Waals surface area contributed by atoms with E-state index in [-0.39, 0.29) is 5.54 Å². The first-order chi connectivity index (χ1) is 8.95. The van der Waals surface area contributed by atoms with Gasteiger partial charge in [-0.05, 0) is 46.9 Å². The van der Waals surface area contributed by atoms with Gasteiger partial charge in [-0.15, -0.1) is 0 Å². The number of nitrogens with zero attached hydrogens (tertiary/aromatic N) is 3. The maximum atomic E-state index is 12.7. The summed E-state index contributed by atoms with van der Waals surface area (Å²) in [5.41, 5.74) is 0.647. The Morgan fingerprint density at radius 2 is 2.05 bits per heavy atom. The van der Waals surface area contributed by atoms with E-state index in [1.54, 1.807) is 0 Å². The zero-order chi connectivity index (χ0) is 14.0. The van der Waals surface area contributed by atoms with E-state index >= 15 is 0 Å². The first kappa shape index (κ1) is 14.3. The van der Waals surface area contributed by atoms with Crippen LogP contribution in [0.25, 0.3) is 0 Å². The summed E-state index contributed by atoms with van der Waals surface area (Å²) in [6, 6.07) is 2.31. The van der Waals surface area contributed by atoms with Crippen LogP contribution < -0.4 is 0 Å². The maximum absolute atomic E-state index is 12.7. The van der Waals surface area contributed by atoms with E-state index < -0.39 is 0 Å². The number of likely N-dealkylation sites (N-methyl/N-ethyl adjacent to an activating group) is 1. The minimum Gasteiger partial charge on any atom is -0.297 e. The van der Waals surface area contributed by atoms with Gasteiger partial charge in [0, 0.05) is 12.2 Å². The molecule has 1 saturated carbocycles. The molecule has 1 aliphatic rings. The second-order valence-electron chi connectivity index (χ2n) is 6.11. The lowest BCUT2D eigenvalue weighted by atomic mass is 9.88. The van der Waals surface area contributed by atoms with Crippen LogP contribution in [0.2, 0.25) is 0 Å². The topological polar surface area (TPSA) is 38.1 Å². The fourth-order valence-corrected chi connectivity index (χ4v) is 3.02. The molecule has 0 N–H and O–H groups in total. The fraction of sp³-hybridized carbons (Fsp3) is 0.733. The molecule has 0 aliphatic heterocycles. The molecule has 0 aromatic carbocycles. The number of carbonyl (C=O) groups is 1. The maximum Gasteiger partial charge on any atom is 0.159 e. The zero-order valence-corrected chi connectivity index (χ0v) is 12.5. The second-order valence-corrected chi connectivity index (χ2v) is 6.11. The molecule has 1 heterocycles. The van der Waals surface area contributed by atoms with Crippen LogP contribution in [0.15, 0.2) is 12.3 Å². The molecule has 19 heavy (non-hydrogen) atoms. The molecule has 4 heteroatoms. The average molecular weight is 263 g/mol. The van der Waals surface area contributed by atoms with Crippen LogP contribution in [-0.2, 0) is 11.2 Å². The van der Waals surface area contributed by atoms with Gasteiger partial charge < -0.3 is 0 Å². The molecule has 1 fully saturated rings. The summed E-state index contributed by atoms with van der Waals surface area (Å²) in [7, 11) is 4.05. The van der Waals surface area contributed by atoms with Crippen molar-refractivity contribution in [3.8, 4) is 0 Å². The summed E-state index contributed by atoms with van der Waals surface area (Å²) in [5, 5.41) is 4.49. The Labute approximate surface area is 115 Å². The van der Waals surface area contributed by atoms with Crippen LogP contribution >= 0.6 is 0 Å². The smallest absolute Gasteiger partial charge is 0.159 e. The van der Waals surface area contributed by atoms with Gasteiger partial charge >= 0.3 is 0 Å². The highest BCUT2D eigenvalue weighted by Gasteiger charge is 2.42. The molecule has 0 unspecified atom stereocenters. The second kappa shape index (κ2) is 5.45. The van der Waals surface area contributed by atoms with Crippen molar-refractivity contribution < 1.29 is 4.79 Å². The van der Waals surface area contributed by atoms with Gasteiger partial charge in [0.2, 0.25) is 0 Å². The van der Waals surface area contributed by atoms with Crippen LogP contribution in [0.5, 0.6) is 0 Å². The molecule has 1 aliphatic carbocycles. The van der Waals surface area contributed by atoms with Crippen LogP contribution in [-0.4, -0.2) is 40.1 Å². The highest BCUT2D eigenvalue weighted by Crippen LogP contribution is 2.35. The predicted molar refractivity (Wildman–Crippen MR) is 76.2 cm³/mol. The van der Waals surface area contributed by atoms with Gasteiger partial charge in [-0.25, -0.2) is 0 Å². The minimum atomic E-state index is -0.248.